The van der Waals surface area contributed by atoms with Crippen LogP contribution in [0.25, 0.3) is 0 Å². The molecule has 3 rings (SSSR count). The Kier molecular flexibility index (Phi) is 5.60. The lowest BCUT2D eigenvalue weighted by atomic mass is 9.87. The van der Waals surface area contributed by atoms with Gasteiger partial charge in [0, 0.05) is 24.2 Å². The van der Waals surface area contributed by atoms with Gasteiger partial charge in [0.15, 0.2) is 0 Å². The molecule has 0 atom stereocenters. The van der Waals surface area contributed by atoms with E-state index in [1.165, 1.54) is 6.07 Å². The van der Waals surface area contributed by atoms with Crippen LogP contribution in [0.1, 0.15) is 24.0 Å². The largest absolute Gasteiger partial charge is 0.445 e. The lowest BCUT2D eigenvalue weighted by Crippen LogP contribution is -2.52. The summed E-state index contributed by atoms with van der Waals surface area (Å²) in [5.41, 5.74) is 1.24. The van der Waals surface area contributed by atoms with E-state index in [0.717, 1.165) is 30.5 Å². The molecule has 132 valence electrons. The maximum atomic E-state index is 13.5. The Labute approximate surface area is 145 Å². The van der Waals surface area contributed by atoms with Crippen molar-refractivity contribution in [2.24, 2.45) is 0 Å². The first kappa shape index (κ1) is 17.4. The fourth-order valence-electron chi connectivity index (χ4n) is 2.77. The van der Waals surface area contributed by atoms with E-state index >= 15 is 0 Å². The zero-order valence-electron chi connectivity index (χ0n) is 13.7. The Morgan fingerprint density at radius 3 is 2.60 bits per heavy atom. The summed E-state index contributed by atoms with van der Waals surface area (Å²) in [4.78, 5) is 11.7. The van der Waals surface area contributed by atoms with Crippen LogP contribution < -0.4 is 10.6 Å². The zero-order valence-corrected chi connectivity index (χ0v) is 13.7. The summed E-state index contributed by atoms with van der Waals surface area (Å²) in [6, 6.07) is 13.1. The maximum Gasteiger partial charge on any atom is 0.407 e. The average molecular weight is 346 g/mol. The molecule has 0 unspecified atom stereocenters. The Bertz CT molecular complexity index is 719. The predicted octanol–water partition coefficient (Wildman–Crippen LogP) is 3.51. The number of alkyl carbamates (subject to hydrolysis) is 1. The smallest absolute Gasteiger partial charge is 0.407 e. The summed E-state index contributed by atoms with van der Waals surface area (Å²) in [5, 5.41) is 5.97. The molecule has 0 aliphatic heterocycles. The molecule has 0 bridgehead atoms. The Hall–Kier alpha value is -2.47. The number of hydrogen-bond acceptors (Lipinski definition) is 3. The van der Waals surface area contributed by atoms with Crippen LogP contribution in [0, 0.1) is 11.6 Å². The third kappa shape index (κ3) is 5.00. The third-order valence-electron chi connectivity index (χ3n) is 4.26. The van der Waals surface area contributed by atoms with Gasteiger partial charge in [0.25, 0.3) is 0 Å². The summed E-state index contributed by atoms with van der Waals surface area (Å²) in [5.74, 6) is -0.875. The van der Waals surface area contributed by atoms with E-state index < -0.39 is 17.7 Å². The van der Waals surface area contributed by atoms with Crippen LogP contribution in [-0.2, 0) is 17.9 Å². The molecule has 1 aliphatic rings. The van der Waals surface area contributed by atoms with Crippen molar-refractivity contribution in [1.29, 1.82) is 0 Å². The van der Waals surface area contributed by atoms with E-state index in [2.05, 4.69) is 10.6 Å². The topological polar surface area (TPSA) is 50.4 Å². The van der Waals surface area contributed by atoms with Gasteiger partial charge in [-0.2, -0.15) is 0 Å². The van der Waals surface area contributed by atoms with E-state index in [0.29, 0.717) is 5.56 Å². The molecule has 0 radical (unpaired) electrons. The number of hydrogen-bond donors (Lipinski definition) is 2. The first-order chi connectivity index (χ1) is 12.1. The summed E-state index contributed by atoms with van der Waals surface area (Å²) in [7, 11) is 0. The molecule has 1 amide bonds. The van der Waals surface area contributed by atoms with Gasteiger partial charge in [-0.1, -0.05) is 30.3 Å². The molecule has 0 aromatic heterocycles. The minimum absolute atomic E-state index is 0.0399. The molecule has 25 heavy (non-hydrogen) atoms. The van der Waals surface area contributed by atoms with Crippen molar-refractivity contribution in [3.05, 3.63) is 71.3 Å². The second kappa shape index (κ2) is 8.07. The van der Waals surface area contributed by atoms with Gasteiger partial charge in [-0.3, -0.25) is 0 Å². The molecule has 2 aromatic carbocycles. The van der Waals surface area contributed by atoms with Crippen molar-refractivity contribution < 1.29 is 18.3 Å². The number of halogens is 2. The monoisotopic (exact) mass is 346 g/mol. The number of amides is 1. The van der Waals surface area contributed by atoms with Gasteiger partial charge in [0.2, 0.25) is 0 Å². The molecule has 2 N–H and O–H groups in total. The van der Waals surface area contributed by atoms with Crippen LogP contribution >= 0.6 is 0 Å². The first-order valence-electron chi connectivity index (χ1n) is 8.24. The highest BCUT2D eigenvalue weighted by Gasteiger charge is 2.30. The fraction of sp³-hybridized carbons (Fsp3) is 0.316. The zero-order chi connectivity index (χ0) is 17.6. The van der Waals surface area contributed by atoms with Crippen molar-refractivity contribution in [3.63, 3.8) is 0 Å². The van der Waals surface area contributed by atoms with Crippen LogP contribution in [0.3, 0.4) is 0 Å². The van der Waals surface area contributed by atoms with Gasteiger partial charge in [-0.25, -0.2) is 13.6 Å². The minimum Gasteiger partial charge on any atom is -0.445 e. The van der Waals surface area contributed by atoms with E-state index in [1.807, 2.05) is 30.3 Å². The normalized spacial score (nSPS) is 19.1. The van der Waals surface area contributed by atoms with Crippen molar-refractivity contribution in [2.75, 3.05) is 0 Å². The molecule has 4 nitrogen and oxygen atoms in total. The van der Waals surface area contributed by atoms with Crippen LogP contribution in [0.5, 0.6) is 0 Å². The number of benzene rings is 2. The Morgan fingerprint density at radius 1 is 1.08 bits per heavy atom. The highest BCUT2D eigenvalue weighted by Crippen LogP contribution is 2.21. The standard InChI is InChI=1S/C19H20F2N2O2/c20-15-6-7-18(21)14(8-15)11-22-16-9-17(10-16)23-19(24)25-12-13-4-2-1-3-5-13/h1-8,16-17,22H,9-12H2,(H,23,24). The lowest BCUT2D eigenvalue weighted by molar-refractivity contribution is 0.125. The Balaban J connectivity index is 1.34. The van der Waals surface area contributed by atoms with Crippen LogP contribution in [-0.4, -0.2) is 18.2 Å². The van der Waals surface area contributed by atoms with E-state index in [9.17, 15) is 13.6 Å². The van der Waals surface area contributed by atoms with Crippen molar-refractivity contribution in [1.82, 2.24) is 10.6 Å². The first-order valence-corrected chi connectivity index (χ1v) is 8.24. The summed E-state index contributed by atoms with van der Waals surface area (Å²) in [6.07, 6.45) is 1.03. The van der Waals surface area contributed by atoms with E-state index in [-0.39, 0.29) is 25.2 Å². The molecule has 1 aliphatic carbocycles. The highest BCUT2D eigenvalue weighted by molar-refractivity contribution is 5.67. The van der Waals surface area contributed by atoms with Gasteiger partial charge in [0.1, 0.15) is 18.2 Å². The molecule has 1 fully saturated rings. The molecular formula is C19H20F2N2O2. The number of rotatable bonds is 6. The molecule has 0 saturated heterocycles. The summed E-state index contributed by atoms with van der Waals surface area (Å²) >= 11 is 0. The van der Waals surface area contributed by atoms with E-state index in [1.54, 1.807) is 0 Å². The van der Waals surface area contributed by atoms with E-state index in [4.69, 9.17) is 4.74 Å². The molecule has 0 heterocycles. The minimum atomic E-state index is -0.451. The van der Waals surface area contributed by atoms with Crippen molar-refractivity contribution in [3.8, 4) is 0 Å². The van der Waals surface area contributed by atoms with Crippen LogP contribution in [0.15, 0.2) is 48.5 Å². The second-order valence-electron chi connectivity index (χ2n) is 6.19. The summed E-state index contributed by atoms with van der Waals surface area (Å²) < 4.78 is 31.8. The van der Waals surface area contributed by atoms with Crippen molar-refractivity contribution >= 4 is 6.09 Å². The summed E-state index contributed by atoms with van der Waals surface area (Å²) in [6.45, 7) is 0.499. The number of carbonyl (C=O) groups excluding carboxylic acids is 1. The number of carbonyl (C=O) groups is 1. The fourth-order valence-corrected chi connectivity index (χ4v) is 2.77. The van der Waals surface area contributed by atoms with Gasteiger partial charge in [-0.05, 0) is 36.6 Å². The van der Waals surface area contributed by atoms with Gasteiger partial charge in [-0.15, -0.1) is 0 Å². The highest BCUT2D eigenvalue weighted by atomic mass is 19.1. The predicted molar refractivity (Wildman–Crippen MR) is 89.8 cm³/mol. The van der Waals surface area contributed by atoms with Gasteiger partial charge < -0.3 is 15.4 Å². The SMILES string of the molecule is O=C(NC1CC(NCc2cc(F)ccc2F)C1)OCc1ccccc1. The number of nitrogens with one attached hydrogen (secondary N) is 2. The molecule has 0 spiro atoms. The quantitative estimate of drug-likeness (QED) is 0.842. The van der Waals surface area contributed by atoms with Gasteiger partial charge in [0.05, 0.1) is 0 Å². The van der Waals surface area contributed by atoms with Crippen LogP contribution in [0.2, 0.25) is 0 Å². The second-order valence-corrected chi connectivity index (χ2v) is 6.19. The third-order valence-corrected chi connectivity index (χ3v) is 4.26. The lowest BCUT2D eigenvalue weighted by Gasteiger charge is -2.36. The number of ether oxygens (including phenoxy) is 1. The maximum absolute atomic E-state index is 13.5. The van der Waals surface area contributed by atoms with Crippen LogP contribution in [0.4, 0.5) is 13.6 Å². The average Bonchev–Trinajstić information content (AvgIpc) is 2.58. The molecule has 2 aromatic rings. The Morgan fingerprint density at radius 2 is 1.84 bits per heavy atom. The molecule has 6 heteroatoms. The molecular weight excluding hydrogens is 326 g/mol. The van der Waals surface area contributed by atoms with Gasteiger partial charge >= 0.3 is 6.09 Å². The van der Waals surface area contributed by atoms with Crippen molar-refractivity contribution in [2.45, 2.75) is 38.1 Å². The molecule has 1 saturated carbocycles.